The van der Waals surface area contributed by atoms with Crippen LogP contribution in [0.2, 0.25) is 5.02 Å². The summed E-state index contributed by atoms with van der Waals surface area (Å²) in [5, 5.41) is 3.46. The summed E-state index contributed by atoms with van der Waals surface area (Å²) in [6.45, 7) is 1.58. The number of hydrogen-bond acceptors (Lipinski definition) is 4. The molecular formula is C20H20ClNO4. The Morgan fingerprint density at radius 3 is 2.35 bits per heavy atom. The van der Waals surface area contributed by atoms with Crippen molar-refractivity contribution in [2.45, 2.75) is 38.0 Å². The molecule has 0 spiro atoms. The molecule has 136 valence electrons. The van der Waals surface area contributed by atoms with Crippen LogP contribution in [0.25, 0.3) is 0 Å². The quantitative estimate of drug-likeness (QED) is 0.752. The van der Waals surface area contributed by atoms with E-state index in [0.717, 1.165) is 12.8 Å². The van der Waals surface area contributed by atoms with Crippen LogP contribution in [0.15, 0.2) is 54.6 Å². The summed E-state index contributed by atoms with van der Waals surface area (Å²) in [5.74, 6) is -0.428. The summed E-state index contributed by atoms with van der Waals surface area (Å²) in [5.41, 5.74) is 0.623. The van der Waals surface area contributed by atoms with E-state index in [9.17, 15) is 9.59 Å². The van der Waals surface area contributed by atoms with Crippen LogP contribution in [0.4, 0.5) is 0 Å². The van der Waals surface area contributed by atoms with E-state index >= 15 is 0 Å². The summed E-state index contributed by atoms with van der Waals surface area (Å²) >= 11 is 5.84. The molecule has 0 aromatic heterocycles. The molecule has 2 atom stereocenters. The molecule has 2 aromatic carbocycles. The average molecular weight is 374 g/mol. The molecule has 3 rings (SSSR count). The summed E-state index contributed by atoms with van der Waals surface area (Å²) in [6.07, 6.45) is 0.0471. The fraction of sp³-hybridized carbons (Fsp3) is 0.300. The largest absolute Gasteiger partial charge is 0.479 e. The molecule has 1 amide bonds. The van der Waals surface area contributed by atoms with Gasteiger partial charge in [-0.05, 0) is 44.0 Å². The van der Waals surface area contributed by atoms with Gasteiger partial charge in [0.15, 0.2) is 6.10 Å². The van der Waals surface area contributed by atoms with E-state index in [4.69, 9.17) is 21.1 Å². The molecule has 0 aliphatic heterocycles. The molecular weight excluding hydrogens is 354 g/mol. The maximum Gasteiger partial charge on any atom is 0.348 e. The van der Waals surface area contributed by atoms with Gasteiger partial charge < -0.3 is 14.8 Å². The van der Waals surface area contributed by atoms with Crippen molar-refractivity contribution in [1.29, 1.82) is 0 Å². The molecule has 0 unspecified atom stereocenters. The van der Waals surface area contributed by atoms with E-state index in [1.165, 1.54) is 0 Å². The minimum Gasteiger partial charge on any atom is -0.479 e. The lowest BCUT2D eigenvalue weighted by Crippen LogP contribution is -2.36. The molecule has 6 heteroatoms. The van der Waals surface area contributed by atoms with Crippen molar-refractivity contribution in [2.24, 2.45) is 0 Å². The standard InChI is InChI=1S/C20H20ClNO4/c1-13(25-17-11-7-15(21)8-12-17)20(24)26-18(14-5-3-2-4-6-14)19(23)22-16-9-10-16/h2-8,11-13,16,18H,9-10H2,1H3,(H,22,23)/t13-,18-/m1/s1. The lowest BCUT2D eigenvalue weighted by molar-refractivity contribution is -0.162. The molecule has 2 aromatic rings. The smallest absolute Gasteiger partial charge is 0.348 e. The van der Waals surface area contributed by atoms with Crippen molar-refractivity contribution in [3.63, 3.8) is 0 Å². The first-order valence-corrected chi connectivity index (χ1v) is 8.89. The van der Waals surface area contributed by atoms with E-state index in [1.807, 2.05) is 6.07 Å². The number of ether oxygens (including phenoxy) is 2. The fourth-order valence-electron chi connectivity index (χ4n) is 2.38. The van der Waals surface area contributed by atoms with Crippen molar-refractivity contribution in [3.8, 4) is 5.75 Å². The Morgan fingerprint density at radius 1 is 1.08 bits per heavy atom. The van der Waals surface area contributed by atoms with Gasteiger partial charge in [0.25, 0.3) is 5.91 Å². The van der Waals surface area contributed by atoms with Gasteiger partial charge in [0.1, 0.15) is 5.75 Å². The van der Waals surface area contributed by atoms with Gasteiger partial charge in [0.05, 0.1) is 0 Å². The number of carbonyl (C=O) groups excluding carboxylic acids is 2. The lowest BCUT2D eigenvalue weighted by Gasteiger charge is -2.20. The van der Waals surface area contributed by atoms with Crippen LogP contribution in [0.1, 0.15) is 31.4 Å². The number of esters is 1. The molecule has 1 aliphatic rings. The van der Waals surface area contributed by atoms with Crippen LogP contribution in [-0.4, -0.2) is 24.0 Å². The first kappa shape index (κ1) is 18.3. The molecule has 1 N–H and O–H groups in total. The van der Waals surface area contributed by atoms with E-state index in [1.54, 1.807) is 55.5 Å². The molecule has 5 nitrogen and oxygen atoms in total. The highest BCUT2D eigenvalue weighted by molar-refractivity contribution is 6.30. The Bertz CT molecular complexity index is 759. The van der Waals surface area contributed by atoms with Gasteiger partial charge in [-0.15, -0.1) is 0 Å². The second-order valence-electron chi connectivity index (χ2n) is 6.22. The van der Waals surface area contributed by atoms with E-state index < -0.39 is 18.2 Å². The second kappa shape index (κ2) is 8.23. The van der Waals surface area contributed by atoms with Gasteiger partial charge in [-0.3, -0.25) is 4.79 Å². The third kappa shape index (κ3) is 4.99. The monoisotopic (exact) mass is 373 g/mol. The van der Waals surface area contributed by atoms with Gasteiger partial charge in [-0.2, -0.15) is 0 Å². The number of rotatable bonds is 7. The Morgan fingerprint density at radius 2 is 1.73 bits per heavy atom. The summed E-state index contributed by atoms with van der Waals surface area (Å²) < 4.78 is 11.1. The van der Waals surface area contributed by atoms with Crippen molar-refractivity contribution < 1.29 is 19.1 Å². The van der Waals surface area contributed by atoms with E-state index in [0.29, 0.717) is 16.3 Å². The van der Waals surface area contributed by atoms with Crippen LogP contribution >= 0.6 is 11.6 Å². The minimum atomic E-state index is -0.999. The first-order valence-electron chi connectivity index (χ1n) is 8.51. The summed E-state index contributed by atoms with van der Waals surface area (Å²) in [6, 6.07) is 15.8. The Labute approximate surface area is 157 Å². The Hall–Kier alpha value is -2.53. The zero-order chi connectivity index (χ0) is 18.5. The van der Waals surface area contributed by atoms with Gasteiger partial charge in [0.2, 0.25) is 6.10 Å². The fourth-order valence-corrected chi connectivity index (χ4v) is 2.51. The van der Waals surface area contributed by atoms with Gasteiger partial charge >= 0.3 is 5.97 Å². The maximum absolute atomic E-state index is 12.5. The van der Waals surface area contributed by atoms with Crippen LogP contribution in [0.5, 0.6) is 5.75 Å². The molecule has 0 saturated heterocycles. The van der Waals surface area contributed by atoms with Crippen LogP contribution in [0.3, 0.4) is 0 Å². The van der Waals surface area contributed by atoms with Gasteiger partial charge in [-0.1, -0.05) is 41.9 Å². The second-order valence-corrected chi connectivity index (χ2v) is 6.66. The third-order valence-corrected chi connectivity index (χ3v) is 4.21. The number of amides is 1. The highest BCUT2D eigenvalue weighted by atomic mass is 35.5. The minimum absolute atomic E-state index is 0.176. The van der Waals surface area contributed by atoms with Crippen molar-refractivity contribution in [1.82, 2.24) is 5.32 Å². The zero-order valence-electron chi connectivity index (χ0n) is 14.4. The molecule has 0 heterocycles. The van der Waals surface area contributed by atoms with Crippen LogP contribution in [0, 0.1) is 0 Å². The maximum atomic E-state index is 12.5. The highest BCUT2D eigenvalue weighted by Crippen LogP contribution is 2.24. The van der Waals surface area contributed by atoms with Crippen LogP contribution < -0.4 is 10.1 Å². The number of carbonyl (C=O) groups is 2. The topological polar surface area (TPSA) is 64.6 Å². The van der Waals surface area contributed by atoms with E-state index in [-0.39, 0.29) is 11.9 Å². The predicted octanol–water partition coefficient (Wildman–Crippen LogP) is 3.67. The van der Waals surface area contributed by atoms with Crippen LogP contribution in [-0.2, 0) is 14.3 Å². The number of benzene rings is 2. The molecule has 1 fully saturated rings. The molecule has 0 radical (unpaired) electrons. The third-order valence-electron chi connectivity index (χ3n) is 3.96. The average Bonchev–Trinajstić information content (AvgIpc) is 3.46. The van der Waals surface area contributed by atoms with Gasteiger partial charge in [0, 0.05) is 16.6 Å². The molecule has 1 saturated carbocycles. The highest BCUT2D eigenvalue weighted by Gasteiger charge is 2.32. The van der Waals surface area contributed by atoms with Crippen molar-refractivity contribution in [2.75, 3.05) is 0 Å². The number of nitrogens with one attached hydrogen (secondary N) is 1. The van der Waals surface area contributed by atoms with Crippen molar-refractivity contribution in [3.05, 3.63) is 65.2 Å². The van der Waals surface area contributed by atoms with Gasteiger partial charge in [-0.25, -0.2) is 4.79 Å². The number of hydrogen-bond donors (Lipinski definition) is 1. The predicted molar refractivity (Wildman–Crippen MR) is 98.0 cm³/mol. The lowest BCUT2D eigenvalue weighted by atomic mass is 10.1. The molecule has 26 heavy (non-hydrogen) atoms. The van der Waals surface area contributed by atoms with Crippen molar-refractivity contribution >= 4 is 23.5 Å². The Balaban J connectivity index is 1.67. The number of halogens is 1. The molecule has 0 bridgehead atoms. The molecule has 1 aliphatic carbocycles. The normalized spacial score (nSPS) is 15.6. The zero-order valence-corrected chi connectivity index (χ0v) is 15.1. The summed E-state index contributed by atoms with van der Waals surface area (Å²) in [7, 11) is 0. The summed E-state index contributed by atoms with van der Waals surface area (Å²) in [4.78, 5) is 25.0. The SMILES string of the molecule is C[C@@H](Oc1ccc(Cl)cc1)C(=O)O[C@@H](C(=O)NC1CC1)c1ccccc1. The Kier molecular flexibility index (Phi) is 5.78. The van der Waals surface area contributed by atoms with E-state index in [2.05, 4.69) is 5.32 Å². The first-order chi connectivity index (χ1) is 12.5.